The van der Waals surface area contributed by atoms with Crippen LogP contribution in [0.1, 0.15) is 36.0 Å². The molecule has 10 heterocycles. The highest BCUT2D eigenvalue weighted by atomic mass is 32.2. The van der Waals surface area contributed by atoms with Crippen LogP contribution in [0.5, 0.6) is 0 Å². The van der Waals surface area contributed by atoms with E-state index >= 15 is 0 Å². The number of rotatable bonds is 13. The number of carboxylic acids is 1. The van der Waals surface area contributed by atoms with Crippen LogP contribution in [0.25, 0.3) is 0 Å². The topological polar surface area (TPSA) is 410 Å². The van der Waals surface area contributed by atoms with Crippen molar-refractivity contribution in [3.63, 3.8) is 0 Å². The van der Waals surface area contributed by atoms with Crippen molar-refractivity contribution in [2.24, 2.45) is 10.3 Å². The summed E-state index contributed by atoms with van der Waals surface area (Å²) >= 11 is 3.78. The number of β-lactam (4-membered cyclic amide) rings is 2. The van der Waals surface area contributed by atoms with Gasteiger partial charge in [-0.1, -0.05) is 10.3 Å². The first kappa shape index (κ1) is 47.8. The lowest BCUT2D eigenvalue weighted by Gasteiger charge is -2.49. The van der Waals surface area contributed by atoms with Crippen molar-refractivity contribution in [1.82, 2.24) is 48.9 Å². The van der Waals surface area contributed by atoms with Gasteiger partial charge in [0.2, 0.25) is 40.3 Å². The Kier molecular flexibility index (Phi) is 12.4. The van der Waals surface area contributed by atoms with Gasteiger partial charge < -0.3 is 65.3 Å². The summed E-state index contributed by atoms with van der Waals surface area (Å²) < 4.78 is 28.3. The number of likely N-dealkylation sites (tertiary alicyclic amines) is 2. The van der Waals surface area contributed by atoms with Gasteiger partial charge in [0.05, 0.1) is 6.04 Å². The van der Waals surface area contributed by atoms with E-state index in [1.54, 1.807) is 4.90 Å². The molecule has 6 amide bonds. The molecular weight excluding hydrogens is 1040 g/mol. The van der Waals surface area contributed by atoms with Crippen LogP contribution in [0.4, 0.5) is 15.1 Å². The molecule has 7 aliphatic rings. The van der Waals surface area contributed by atoms with Gasteiger partial charge in [0.25, 0.3) is 23.6 Å². The van der Waals surface area contributed by atoms with Crippen LogP contribution in [-0.2, 0) is 49.6 Å². The maximum Gasteiger partial charge on any atom is 0.519 e. The molecule has 72 heavy (non-hydrogen) atoms. The number of hydrogen-bond acceptors (Lipinski definition) is 27. The van der Waals surface area contributed by atoms with Crippen LogP contribution in [0.3, 0.4) is 0 Å². The quantitative estimate of drug-likeness (QED) is 0.0246. The number of nitrogens with two attached hydrogens (primary N) is 1. The molecule has 3 aromatic heterocycles. The van der Waals surface area contributed by atoms with Gasteiger partial charge in [-0.05, 0) is 31.4 Å². The number of ether oxygens (including phenoxy) is 2. The molecule has 0 radical (unpaired) electrons. The van der Waals surface area contributed by atoms with Crippen molar-refractivity contribution >= 4 is 116 Å². The number of carboxylic acid groups (broad SMARTS) is 1. The average Bonchev–Trinajstić information content (AvgIpc) is 4.24. The number of cyclic esters (lactones) is 1. The molecule has 0 saturated carbocycles. The number of amides is 6. The summed E-state index contributed by atoms with van der Waals surface area (Å²) in [5, 5.41) is 41.7. The third kappa shape index (κ3) is 8.32. The van der Waals surface area contributed by atoms with Gasteiger partial charge in [-0.2, -0.15) is 18.7 Å². The monoisotopic (exact) mass is 1070 g/mol. The van der Waals surface area contributed by atoms with Gasteiger partial charge in [0.1, 0.15) is 34.2 Å². The Morgan fingerprint density at radius 2 is 1.57 bits per heavy atom. The van der Waals surface area contributed by atoms with Crippen molar-refractivity contribution in [2.45, 2.75) is 61.5 Å². The zero-order chi connectivity index (χ0) is 50.9. The summed E-state index contributed by atoms with van der Waals surface area (Å²) in [6, 6.07) is -2.74. The number of aliphatic carboxylic acids is 1. The highest BCUT2D eigenvalue weighted by molar-refractivity contribution is 8.00. The Labute approximate surface area is 417 Å². The molecule has 3 aromatic rings. The highest BCUT2D eigenvalue weighted by Crippen LogP contribution is 2.45. The van der Waals surface area contributed by atoms with Crippen molar-refractivity contribution in [3.05, 3.63) is 68.0 Å². The number of anilines is 2. The second-order valence-corrected chi connectivity index (χ2v) is 20.0. The van der Waals surface area contributed by atoms with E-state index in [0.717, 1.165) is 33.1 Å². The van der Waals surface area contributed by atoms with E-state index in [0.29, 0.717) is 42.2 Å². The Morgan fingerprint density at radius 1 is 0.903 bits per heavy atom. The second-order valence-electron chi connectivity index (χ2n) is 16.3. The number of carbonyl (C=O) groups is 8. The van der Waals surface area contributed by atoms with E-state index in [-0.39, 0.29) is 87.6 Å². The lowest BCUT2D eigenvalue weighted by molar-refractivity contribution is -0.151. The molecule has 376 valence electrons. The highest BCUT2D eigenvalue weighted by Gasteiger charge is 2.58. The number of nitrogen functional groups attached to an aromatic ring is 1. The molecular formula is C38H34N14O16S4. The van der Waals surface area contributed by atoms with Gasteiger partial charge in [-0.25, -0.2) is 19.2 Å². The Hall–Kier alpha value is -7.85. The van der Waals surface area contributed by atoms with E-state index in [1.807, 2.05) is 0 Å². The molecule has 1 unspecified atom stereocenters. The number of aryl methyl sites for hydroxylation is 1. The van der Waals surface area contributed by atoms with Gasteiger partial charge in [-0.15, -0.1) is 23.5 Å². The van der Waals surface area contributed by atoms with Gasteiger partial charge in [0.15, 0.2) is 23.3 Å². The van der Waals surface area contributed by atoms with E-state index in [2.05, 4.69) is 45.0 Å². The molecule has 30 nitrogen and oxygen atoms in total. The minimum absolute atomic E-state index is 0.0131. The van der Waals surface area contributed by atoms with Crippen molar-refractivity contribution < 1.29 is 72.2 Å². The van der Waals surface area contributed by atoms with Crippen molar-refractivity contribution in [1.29, 1.82) is 0 Å². The van der Waals surface area contributed by atoms with Crippen molar-refractivity contribution in [3.8, 4) is 0 Å². The molecule has 0 aliphatic carbocycles. The van der Waals surface area contributed by atoms with Crippen LogP contribution in [0.15, 0.2) is 58.1 Å². The summed E-state index contributed by atoms with van der Waals surface area (Å²) in [5.74, 6) is -7.28. The normalized spacial score (nSPS) is 25.5. The smallest absolute Gasteiger partial charge is 0.477 e. The zero-order valence-electron chi connectivity index (χ0n) is 36.5. The first-order valence-electron chi connectivity index (χ1n) is 21.1. The maximum atomic E-state index is 13.6. The summed E-state index contributed by atoms with van der Waals surface area (Å²) in [4.78, 5) is 130. The van der Waals surface area contributed by atoms with E-state index < -0.39 is 93.8 Å². The van der Waals surface area contributed by atoms with Crippen LogP contribution in [0, 0.1) is 6.92 Å². The second kappa shape index (κ2) is 18.7. The fourth-order valence-electron chi connectivity index (χ4n) is 8.78. The van der Waals surface area contributed by atoms with Crippen LogP contribution in [0.2, 0.25) is 0 Å². The summed E-state index contributed by atoms with van der Waals surface area (Å²) in [6.45, 7) is 1.94. The van der Waals surface area contributed by atoms with Gasteiger partial charge in [-0.3, -0.25) is 33.8 Å². The molecule has 6 atom stereocenters. The lowest BCUT2D eigenvalue weighted by Crippen LogP contribution is -2.71. The third-order valence-corrected chi connectivity index (χ3v) is 16.0. The number of esters is 1. The number of fused-ring (bicyclic) bond motifs is 3. The van der Waals surface area contributed by atoms with Gasteiger partial charge >= 0.3 is 23.9 Å². The lowest BCUT2D eigenvalue weighted by atomic mass is 10.0. The molecule has 4 saturated heterocycles. The predicted octanol–water partition coefficient (Wildman–Crippen LogP) is -1.86. The minimum Gasteiger partial charge on any atom is -0.477 e. The Balaban J connectivity index is 0.739. The number of nitrogens with zero attached hydrogens (tertiary/aromatic N) is 10. The molecule has 7 aliphatic heterocycles. The molecule has 4 fully saturated rings. The first-order valence-corrected chi connectivity index (χ1v) is 24.8. The number of allylic oxidation sites excluding steroid dienone is 1. The SMILES string of the molecule is Cc1oc(=O)oc1COC(=O)N1CC[C@@H](N2CC/C(=C\C3=C(C(=O)O)N4C(=O)[C@@H](NC(=O)/C(=N\O)c5nsc(NC6OC(=O)C7=C6CS[C@@H]6[C@H](NC(=O)/C(=N\O)c8nsc(N)n8)C(=O)N76)n5)[C@H]4SC3)C2=O)C1. The third-order valence-electron chi connectivity index (χ3n) is 12.2. The van der Waals surface area contributed by atoms with E-state index in [4.69, 9.17) is 24.0 Å². The molecule has 0 spiro atoms. The number of thioether (sulfide) groups is 2. The number of hydrogen-bond donors (Lipinski definition) is 7. The fraction of sp³-hybridized carbons (Fsp3) is 0.395. The standard InChI is InChI=1S/C38H34N14O16S4/c1-11-16(67-38(62)66-11)8-65-37(61)49-4-3-14(7-49)50-5-2-12(28(50)55)6-13-9-69-31-19(29(56)51(31)21(13)33(58)59)40-26(54)18(46-64)24-43-36(72-48-24)44-27-15-10-70-32-20(30(57)52(32)22(15)34(60)68-27)41-25(53)17(45-63)23-42-35(39)71-47-23/h6,14,19-20,27,31-32,63-64H,2-5,7-10H2,1H3,(H,40,54)(H,41,53)(H,58,59)(H2,39,42,47)(H,43,44,48)/b12-6+,45-17-,46-18-/t14-,19-,20-,27?,31-,32-/m1/s1. The van der Waals surface area contributed by atoms with Crippen LogP contribution < -0.4 is 27.5 Å². The Morgan fingerprint density at radius 3 is 2.22 bits per heavy atom. The Bertz CT molecular complexity index is 3120. The molecule has 8 N–H and O–H groups in total. The largest absolute Gasteiger partial charge is 0.519 e. The maximum absolute atomic E-state index is 13.6. The summed E-state index contributed by atoms with van der Waals surface area (Å²) in [7, 11) is 0. The van der Waals surface area contributed by atoms with E-state index in [1.165, 1.54) is 29.7 Å². The number of aromatic nitrogens is 4. The fourth-order valence-corrected chi connectivity index (χ4v) is 12.5. The summed E-state index contributed by atoms with van der Waals surface area (Å²) in [6.07, 6.45) is 0.346. The minimum atomic E-state index is -1.45. The molecule has 34 heteroatoms. The molecule has 10 rings (SSSR count). The molecule has 0 bridgehead atoms. The summed E-state index contributed by atoms with van der Waals surface area (Å²) in [5.41, 5.74) is 4.69. The average molecular weight is 1070 g/mol. The predicted molar refractivity (Wildman–Crippen MR) is 243 cm³/mol. The number of nitrogens with one attached hydrogen (secondary N) is 3. The van der Waals surface area contributed by atoms with Gasteiger partial charge in [0, 0.05) is 65.4 Å². The van der Waals surface area contributed by atoms with Crippen LogP contribution >= 0.6 is 46.6 Å². The first-order chi connectivity index (χ1) is 34.5. The number of carbonyl (C=O) groups excluding carboxylic acids is 7. The van der Waals surface area contributed by atoms with Crippen molar-refractivity contribution in [2.75, 3.05) is 42.2 Å². The molecule has 0 aromatic carbocycles. The van der Waals surface area contributed by atoms with E-state index in [9.17, 15) is 58.7 Å². The number of oxime groups is 2. The zero-order valence-corrected chi connectivity index (χ0v) is 39.8. The van der Waals surface area contributed by atoms with Crippen LogP contribution in [-0.4, -0.2) is 179 Å².